The first-order valence-electron chi connectivity index (χ1n) is 5.09. The summed E-state index contributed by atoms with van der Waals surface area (Å²) in [5.41, 5.74) is -0.758. The predicted molar refractivity (Wildman–Crippen MR) is 63.3 cm³/mol. The minimum Gasteiger partial charge on any atom is -0.335 e. The molecule has 0 aliphatic carbocycles. The van der Waals surface area contributed by atoms with Crippen molar-refractivity contribution in [1.29, 1.82) is 0 Å². The van der Waals surface area contributed by atoms with Gasteiger partial charge in [-0.2, -0.15) is 0 Å². The minimum atomic E-state index is -0.868. The van der Waals surface area contributed by atoms with Crippen LogP contribution in [-0.4, -0.2) is 29.3 Å². The Balaban J connectivity index is 3.05. The summed E-state index contributed by atoms with van der Waals surface area (Å²) in [6.45, 7) is 3.53. The molecule has 0 bridgehead atoms. The zero-order valence-corrected chi connectivity index (χ0v) is 10.7. The Hall–Kier alpha value is -1.16. The van der Waals surface area contributed by atoms with Crippen molar-refractivity contribution in [2.45, 2.75) is 19.4 Å². The molecule has 5 heteroatoms. The van der Waals surface area contributed by atoms with Gasteiger partial charge in [0.2, 0.25) is 0 Å². The minimum absolute atomic E-state index is 0.160. The van der Waals surface area contributed by atoms with Gasteiger partial charge >= 0.3 is 0 Å². The van der Waals surface area contributed by atoms with E-state index in [9.17, 15) is 13.6 Å². The highest BCUT2D eigenvalue weighted by Gasteiger charge is 2.28. The molecule has 1 aromatic rings. The monoisotopic (exact) mass is 261 g/mol. The van der Waals surface area contributed by atoms with Crippen molar-refractivity contribution in [3.63, 3.8) is 0 Å². The number of carbonyl (C=O) groups is 1. The van der Waals surface area contributed by atoms with Crippen molar-refractivity contribution in [2.24, 2.45) is 0 Å². The number of alkyl halides is 1. The number of halogens is 3. The van der Waals surface area contributed by atoms with E-state index in [1.165, 1.54) is 11.9 Å². The van der Waals surface area contributed by atoms with Gasteiger partial charge in [0.1, 0.15) is 11.6 Å². The lowest BCUT2D eigenvalue weighted by molar-refractivity contribution is 0.0655. The molecule has 1 rings (SSSR count). The highest BCUT2D eigenvalue weighted by atomic mass is 35.5. The largest absolute Gasteiger partial charge is 0.335 e. The molecule has 0 heterocycles. The molecule has 0 unspecified atom stereocenters. The van der Waals surface area contributed by atoms with Crippen LogP contribution < -0.4 is 0 Å². The zero-order valence-electron chi connectivity index (χ0n) is 9.93. The van der Waals surface area contributed by atoms with Crippen molar-refractivity contribution >= 4 is 17.5 Å². The van der Waals surface area contributed by atoms with E-state index in [0.717, 1.165) is 12.1 Å². The molecule has 0 atom stereocenters. The van der Waals surface area contributed by atoms with Crippen LogP contribution in [0.15, 0.2) is 18.2 Å². The lowest BCUT2D eigenvalue weighted by Crippen LogP contribution is -2.46. The third kappa shape index (κ3) is 2.94. The fourth-order valence-corrected chi connectivity index (χ4v) is 1.39. The Bertz CT molecular complexity index is 435. The molecule has 1 aromatic carbocycles. The average molecular weight is 262 g/mol. The first kappa shape index (κ1) is 13.9. The number of benzene rings is 1. The van der Waals surface area contributed by atoms with Crippen LogP contribution in [0.3, 0.4) is 0 Å². The Kier molecular flexibility index (Phi) is 4.09. The number of amides is 1. The molecule has 0 saturated heterocycles. The molecular formula is C12H14ClF2NO. The quantitative estimate of drug-likeness (QED) is 0.766. The maximum Gasteiger partial charge on any atom is 0.257 e. The molecule has 0 spiro atoms. The van der Waals surface area contributed by atoms with Crippen LogP contribution >= 0.6 is 11.6 Å². The van der Waals surface area contributed by atoms with E-state index in [1.807, 2.05) is 0 Å². The summed E-state index contributed by atoms with van der Waals surface area (Å²) in [4.78, 5) is 13.3. The van der Waals surface area contributed by atoms with Crippen molar-refractivity contribution in [3.05, 3.63) is 35.4 Å². The van der Waals surface area contributed by atoms with Crippen molar-refractivity contribution in [2.75, 3.05) is 12.9 Å². The summed E-state index contributed by atoms with van der Waals surface area (Å²) < 4.78 is 26.2. The third-order valence-electron chi connectivity index (χ3n) is 2.70. The Morgan fingerprint density at radius 1 is 1.41 bits per heavy atom. The molecule has 0 aliphatic rings. The molecule has 0 fully saturated rings. The zero-order chi connectivity index (χ0) is 13.2. The summed E-state index contributed by atoms with van der Waals surface area (Å²) >= 11 is 5.74. The van der Waals surface area contributed by atoms with Crippen LogP contribution in [0, 0.1) is 11.6 Å². The van der Waals surface area contributed by atoms with E-state index in [0.29, 0.717) is 6.07 Å². The highest BCUT2D eigenvalue weighted by Crippen LogP contribution is 2.19. The summed E-state index contributed by atoms with van der Waals surface area (Å²) in [5, 5.41) is 0. The van der Waals surface area contributed by atoms with Crippen molar-refractivity contribution in [3.8, 4) is 0 Å². The van der Waals surface area contributed by atoms with E-state index in [-0.39, 0.29) is 11.4 Å². The second-order valence-corrected chi connectivity index (χ2v) is 4.70. The summed E-state index contributed by atoms with van der Waals surface area (Å²) in [6, 6.07) is 2.88. The Morgan fingerprint density at radius 3 is 2.47 bits per heavy atom. The fraction of sp³-hybridized carbons (Fsp3) is 0.417. The van der Waals surface area contributed by atoms with E-state index < -0.39 is 23.1 Å². The van der Waals surface area contributed by atoms with Gasteiger partial charge < -0.3 is 4.90 Å². The van der Waals surface area contributed by atoms with Gasteiger partial charge in [0.25, 0.3) is 5.91 Å². The van der Waals surface area contributed by atoms with Gasteiger partial charge in [-0.15, -0.1) is 11.6 Å². The Labute approximate surface area is 104 Å². The fourth-order valence-electron chi connectivity index (χ4n) is 1.21. The Morgan fingerprint density at radius 2 is 2.00 bits per heavy atom. The van der Waals surface area contributed by atoms with Gasteiger partial charge in [0.05, 0.1) is 11.1 Å². The van der Waals surface area contributed by atoms with Crippen LogP contribution in [0.2, 0.25) is 0 Å². The first-order chi connectivity index (χ1) is 7.79. The van der Waals surface area contributed by atoms with Gasteiger partial charge in [0, 0.05) is 19.0 Å². The molecule has 0 N–H and O–H groups in total. The number of hydrogen-bond donors (Lipinski definition) is 0. The van der Waals surface area contributed by atoms with Crippen molar-refractivity contribution in [1.82, 2.24) is 4.90 Å². The molecule has 2 nitrogen and oxygen atoms in total. The average Bonchev–Trinajstić information content (AvgIpc) is 2.27. The third-order valence-corrected chi connectivity index (χ3v) is 3.36. The van der Waals surface area contributed by atoms with E-state index in [1.54, 1.807) is 13.8 Å². The van der Waals surface area contributed by atoms with E-state index >= 15 is 0 Å². The number of nitrogens with zero attached hydrogens (tertiary/aromatic N) is 1. The lowest BCUT2D eigenvalue weighted by atomic mass is 10.0. The SMILES string of the molecule is CN(C(=O)c1ccc(F)cc1F)C(C)(C)CCl. The summed E-state index contributed by atoms with van der Waals surface area (Å²) in [5.74, 6) is -1.88. The maximum atomic E-state index is 13.4. The van der Waals surface area contributed by atoms with Gasteiger partial charge in [-0.1, -0.05) is 0 Å². The molecular weight excluding hydrogens is 248 g/mol. The summed E-state index contributed by atoms with van der Waals surface area (Å²) in [6.07, 6.45) is 0. The normalized spacial score (nSPS) is 11.4. The molecule has 0 saturated carbocycles. The number of carbonyl (C=O) groups excluding carboxylic acids is 1. The molecule has 17 heavy (non-hydrogen) atoms. The number of hydrogen-bond acceptors (Lipinski definition) is 1. The van der Waals surface area contributed by atoms with Crippen LogP contribution in [0.5, 0.6) is 0 Å². The van der Waals surface area contributed by atoms with Crippen LogP contribution in [0.1, 0.15) is 24.2 Å². The van der Waals surface area contributed by atoms with Crippen molar-refractivity contribution < 1.29 is 13.6 Å². The smallest absolute Gasteiger partial charge is 0.257 e. The standard InChI is InChI=1S/C12H14ClF2NO/c1-12(2,7-13)16(3)11(17)9-5-4-8(14)6-10(9)15/h4-6H,7H2,1-3H3. The molecule has 0 radical (unpaired) electrons. The second kappa shape index (κ2) is 5.00. The topological polar surface area (TPSA) is 20.3 Å². The van der Waals surface area contributed by atoms with Crippen LogP contribution in [-0.2, 0) is 0 Å². The molecule has 1 amide bonds. The maximum absolute atomic E-state index is 13.4. The van der Waals surface area contributed by atoms with Gasteiger partial charge in [-0.05, 0) is 26.0 Å². The van der Waals surface area contributed by atoms with Crippen LogP contribution in [0.4, 0.5) is 8.78 Å². The first-order valence-corrected chi connectivity index (χ1v) is 5.62. The number of rotatable bonds is 3. The second-order valence-electron chi connectivity index (χ2n) is 4.43. The molecule has 0 aromatic heterocycles. The van der Waals surface area contributed by atoms with Gasteiger partial charge in [-0.25, -0.2) is 8.78 Å². The predicted octanol–water partition coefficient (Wildman–Crippen LogP) is 3.05. The molecule has 94 valence electrons. The highest BCUT2D eigenvalue weighted by molar-refractivity contribution is 6.18. The van der Waals surface area contributed by atoms with E-state index in [4.69, 9.17) is 11.6 Å². The van der Waals surface area contributed by atoms with Gasteiger partial charge in [0.15, 0.2) is 0 Å². The van der Waals surface area contributed by atoms with E-state index in [2.05, 4.69) is 0 Å². The van der Waals surface area contributed by atoms with Crippen LogP contribution in [0.25, 0.3) is 0 Å². The molecule has 0 aliphatic heterocycles. The lowest BCUT2D eigenvalue weighted by Gasteiger charge is -2.34. The van der Waals surface area contributed by atoms with Gasteiger partial charge in [-0.3, -0.25) is 4.79 Å². The summed E-state index contributed by atoms with van der Waals surface area (Å²) in [7, 11) is 1.54.